The molecule has 2 unspecified atom stereocenters. The molecule has 0 aromatic heterocycles. The fourth-order valence-electron chi connectivity index (χ4n) is 2.66. The fourth-order valence-corrected chi connectivity index (χ4v) is 2.66. The molecule has 1 rings (SSSR count). The van der Waals surface area contributed by atoms with Gasteiger partial charge in [0.1, 0.15) is 0 Å². The van der Waals surface area contributed by atoms with Gasteiger partial charge in [-0.2, -0.15) is 0 Å². The monoisotopic (exact) mass is 156 g/mol. The van der Waals surface area contributed by atoms with E-state index in [9.17, 15) is 0 Å². The molecule has 0 aromatic rings. The second-order valence-corrected chi connectivity index (χ2v) is 4.23. The van der Waals surface area contributed by atoms with Gasteiger partial charge in [0.25, 0.3) is 0 Å². The van der Waals surface area contributed by atoms with Crippen molar-refractivity contribution in [2.75, 3.05) is 7.11 Å². The van der Waals surface area contributed by atoms with Crippen molar-refractivity contribution >= 4 is 0 Å². The van der Waals surface area contributed by atoms with Crippen LogP contribution in [-0.2, 0) is 4.74 Å². The second-order valence-electron chi connectivity index (χ2n) is 4.23. The van der Waals surface area contributed by atoms with Crippen LogP contribution in [0.2, 0.25) is 0 Å². The van der Waals surface area contributed by atoms with Crippen molar-refractivity contribution in [1.29, 1.82) is 0 Å². The molecule has 0 heterocycles. The summed E-state index contributed by atoms with van der Waals surface area (Å²) in [5.74, 6) is 2.39. The van der Waals surface area contributed by atoms with Crippen LogP contribution in [-0.4, -0.2) is 13.2 Å². The molecule has 2 atom stereocenters. The lowest BCUT2D eigenvalue weighted by Gasteiger charge is -2.36. The van der Waals surface area contributed by atoms with Crippen LogP contribution in [0.1, 0.15) is 33.6 Å². The molecule has 11 heavy (non-hydrogen) atoms. The minimum atomic E-state index is 0.506. The predicted octanol–water partition coefficient (Wildman–Crippen LogP) is 2.70. The Balaban J connectivity index is 2.52. The molecule has 0 saturated heterocycles. The first-order chi connectivity index (χ1) is 5.15. The Morgan fingerprint density at radius 1 is 1.00 bits per heavy atom. The summed E-state index contributed by atoms with van der Waals surface area (Å²) in [6.07, 6.45) is 3.18. The van der Waals surface area contributed by atoms with Gasteiger partial charge in [-0.3, -0.25) is 0 Å². The van der Waals surface area contributed by atoms with E-state index in [2.05, 4.69) is 20.8 Å². The Labute approximate surface area is 70.1 Å². The summed E-state index contributed by atoms with van der Waals surface area (Å²) < 4.78 is 5.46. The summed E-state index contributed by atoms with van der Waals surface area (Å²) in [6, 6.07) is 0. The Morgan fingerprint density at radius 2 is 1.45 bits per heavy atom. The molecule has 1 saturated carbocycles. The number of ether oxygens (including phenoxy) is 1. The number of hydrogen-bond acceptors (Lipinski definition) is 1. The van der Waals surface area contributed by atoms with E-state index in [1.54, 1.807) is 0 Å². The molecule has 0 spiro atoms. The predicted molar refractivity (Wildman–Crippen MR) is 47.5 cm³/mol. The van der Waals surface area contributed by atoms with E-state index in [1.165, 1.54) is 12.8 Å². The Hall–Kier alpha value is -0.0400. The third-order valence-electron chi connectivity index (χ3n) is 2.94. The van der Waals surface area contributed by atoms with Gasteiger partial charge in [-0.05, 0) is 30.6 Å². The smallest absolute Gasteiger partial charge is 0.0622 e. The zero-order chi connectivity index (χ0) is 8.43. The number of rotatable bonds is 1. The van der Waals surface area contributed by atoms with Crippen LogP contribution in [0.15, 0.2) is 0 Å². The van der Waals surface area contributed by atoms with Crippen molar-refractivity contribution < 1.29 is 4.74 Å². The molecular formula is C10H20O. The van der Waals surface area contributed by atoms with Gasteiger partial charge in [-0.25, -0.2) is 0 Å². The molecule has 0 aromatic carbocycles. The van der Waals surface area contributed by atoms with E-state index >= 15 is 0 Å². The maximum absolute atomic E-state index is 5.46. The highest BCUT2D eigenvalue weighted by Crippen LogP contribution is 2.34. The van der Waals surface area contributed by atoms with Crippen molar-refractivity contribution in [2.45, 2.75) is 39.7 Å². The molecule has 0 radical (unpaired) electrons. The Morgan fingerprint density at radius 3 is 1.82 bits per heavy atom. The summed E-state index contributed by atoms with van der Waals surface area (Å²) in [5.41, 5.74) is 0. The van der Waals surface area contributed by atoms with E-state index in [4.69, 9.17) is 4.74 Å². The van der Waals surface area contributed by atoms with E-state index in [0.29, 0.717) is 6.10 Å². The Kier molecular flexibility index (Phi) is 2.94. The third kappa shape index (κ3) is 1.96. The van der Waals surface area contributed by atoms with Gasteiger partial charge in [-0.1, -0.05) is 20.8 Å². The van der Waals surface area contributed by atoms with Gasteiger partial charge in [0.2, 0.25) is 0 Å². The molecule has 1 aliphatic rings. The highest BCUT2D eigenvalue weighted by molar-refractivity contribution is 4.81. The maximum Gasteiger partial charge on any atom is 0.0622 e. The van der Waals surface area contributed by atoms with Gasteiger partial charge < -0.3 is 4.74 Å². The average Bonchev–Trinajstić information content (AvgIpc) is 1.85. The molecule has 1 aliphatic carbocycles. The van der Waals surface area contributed by atoms with Crippen LogP contribution in [0.5, 0.6) is 0 Å². The highest BCUT2D eigenvalue weighted by atomic mass is 16.5. The third-order valence-corrected chi connectivity index (χ3v) is 2.94. The minimum absolute atomic E-state index is 0.506. The normalized spacial score (nSPS) is 45.8. The molecule has 0 aliphatic heterocycles. The van der Waals surface area contributed by atoms with Crippen molar-refractivity contribution in [3.63, 3.8) is 0 Å². The van der Waals surface area contributed by atoms with Gasteiger partial charge in [0.05, 0.1) is 6.10 Å². The first-order valence-corrected chi connectivity index (χ1v) is 4.68. The quantitative estimate of drug-likeness (QED) is 0.567. The van der Waals surface area contributed by atoms with Crippen LogP contribution >= 0.6 is 0 Å². The van der Waals surface area contributed by atoms with Crippen molar-refractivity contribution in [2.24, 2.45) is 17.8 Å². The van der Waals surface area contributed by atoms with Crippen molar-refractivity contribution in [1.82, 2.24) is 0 Å². The Bertz CT molecular complexity index is 110. The van der Waals surface area contributed by atoms with E-state index in [-0.39, 0.29) is 0 Å². The standard InChI is InChI=1S/C10H20O/c1-7-5-8(2)10(11-4)9(3)6-7/h7-10H,5-6H2,1-4H3. The first kappa shape index (κ1) is 9.05. The van der Waals surface area contributed by atoms with Crippen molar-refractivity contribution in [3.05, 3.63) is 0 Å². The number of hydrogen-bond donors (Lipinski definition) is 0. The van der Waals surface area contributed by atoms with Crippen LogP contribution < -0.4 is 0 Å². The van der Waals surface area contributed by atoms with Crippen LogP contribution in [0, 0.1) is 17.8 Å². The molecule has 66 valence electrons. The summed E-state index contributed by atoms with van der Waals surface area (Å²) in [6.45, 7) is 6.96. The van der Waals surface area contributed by atoms with Crippen LogP contribution in [0.25, 0.3) is 0 Å². The molecular weight excluding hydrogens is 136 g/mol. The van der Waals surface area contributed by atoms with Crippen molar-refractivity contribution in [3.8, 4) is 0 Å². The van der Waals surface area contributed by atoms with E-state index in [0.717, 1.165) is 17.8 Å². The molecule has 0 N–H and O–H groups in total. The SMILES string of the molecule is COC1C(C)CC(C)CC1C. The van der Waals surface area contributed by atoms with Crippen LogP contribution in [0.3, 0.4) is 0 Å². The van der Waals surface area contributed by atoms with Gasteiger partial charge in [0.15, 0.2) is 0 Å². The average molecular weight is 156 g/mol. The van der Waals surface area contributed by atoms with E-state index < -0.39 is 0 Å². The van der Waals surface area contributed by atoms with Crippen LogP contribution in [0.4, 0.5) is 0 Å². The maximum atomic E-state index is 5.46. The summed E-state index contributed by atoms with van der Waals surface area (Å²) in [4.78, 5) is 0. The topological polar surface area (TPSA) is 9.23 Å². The summed E-state index contributed by atoms with van der Waals surface area (Å²) in [7, 11) is 1.84. The first-order valence-electron chi connectivity index (χ1n) is 4.68. The van der Waals surface area contributed by atoms with E-state index in [1.807, 2.05) is 7.11 Å². The second kappa shape index (κ2) is 3.57. The minimum Gasteiger partial charge on any atom is -0.381 e. The zero-order valence-electron chi connectivity index (χ0n) is 8.13. The molecule has 0 bridgehead atoms. The summed E-state index contributed by atoms with van der Waals surface area (Å²) >= 11 is 0. The molecule has 1 heteroatoms. The largest absolute Gasteiger partial charge is 0.381 e. The summed E-state index contributed by atoms with van der Waals surface area (Å²) in [5, 5.41) is 0. The van der Waals surface area contributed by atoms with Gasteiger partial charge in [-0.15, -0.1) is 0 Å². The highest BCUT2D eigenvalue weighted by Gasteiger charge is 2.30. The molecule has 1 nitrogen and oxygen atoms in total. The molecule has 0 amide bonds. The zero-order valence-corrected chi connectivity index (χ0v) is 8.13. The lowest BCUT2D eigenvalue weighted by atomic mass is 9.75. The number of methoxy groups -OCH3 is 1. The fraction of sp³-hybridized carbons (Fsp3) is 1.00. The lowest BCUT2D eigenvalue weighted by molar-refractivity contribution is -0.0208. The van der Waals surface area contributed by atoms with Gasteiger partial charge >= 0.3 is 0 Å². The lowest BCUT2D eigenvalue weighted by Crippen LogP contribution is -2.34. The molecule has 1 fully saturated rings. The van der Waals surface area contributed by atoms with Gasteiger partial charge in [0, 0.05) is 7.11 Å².